The Morgan fingerprint density at radius 2 is 2.54 bits per heavy atom. The summed E-state index contributed by atoms with van der Waals surface area (Å²) in [7, 11) is 0. The van der Waals surface area contributed by atoms with E-state index in [1.807, 2.05) is 17.1 Å². The number of rotatable bonds is 2. The van der Waals surface area contributed by atoms with Crippen LogP contribution in [0.1, 0.15) is 12.8 Å². The molecule has 0 aromatic carbocycles. The SMILES string of the molecule is Clc1csc(NC2CCCSC2)n1. The molecule has 1 atom stereocenters. The third-order valence-electron chi connectivity index (χ3n) is 1.96. The zero-order valence-corrected chi connectivity index (χ0v) is 9.51. The van der Waals surface area contributed by atoms with Crippen LogP contribution in [0.3, 0.4) is 0 Å². The van der Waals surface area contributed by atoms with E-state index in [1.54, 1.807) is 11.3 Å². The second-order valence-corrected chi connectivity index (χ2v) is 5.43. The van der Waals surface area contributed by atoms with Crippen LogP contribution < -0.4 is 5.32 Å². The summed E-state index contributed by atoms with van der Waals surface area (Å²) in [6, 6.07) is 0.584. The Morgan fingerprint density at radius 1 is 1.62 bits per heavy atom. The molecule has 0 aliphatic carbocycles. The fourth-order valence-electron chi connectivity index (χ4n) is 1.35. The van der Waals surface area contributed by atoms with E-state index < -0.39 is 0 Å². The van der Waals surface area contributed by atoms with Crippen LogP contribution in [0.2, 0.25) is 5.15 Å². The van der Waals surface area contributed by atoms with Gasteiger partial charge in [0.25, 0.3) is 0 Å². The Hall–Kier alpha value is 0.0700. The molecule has 0 bridgehead atoms. The molecule has 1 saturated heterocycles. The normalized spacial score (nSPS) is 23.0. The number of nitrogens with one attached hydrogen (secondary N) is 1. The summed E-state index contributed by atoms with van der Waals surface area (Å²) in [4.78, 5) is 4.17. The van der Waals surface area contributed by atoms with Crippen LogP contribution in [-0.2, 0) is 0 Å². The predicted molar refractivity (Wildman–Crippen MR) is 61.1 cm³/mol. The second kappa shape index (κ2) is 4.53. The molecule has 2 heterocycles. The molecule has 1 aliphatic heterocycles. The number of aromatic nitrogens is 1. The minimum absolute atomic E-state index is 0.584. The maximum absolute atomic E-state index is 5.73. The van der Waals surface area contributed by atoms with Gasteiger partial charge in [0.2, 0.25) is 0 Å². The largest absolute Gasteiger partial charge is 0.358 e. The van der Waals surface area contributed by atoms with Crippen molar-refractivity contribution in [2.75, 3.05) is 16.8 Å². The molecule has 1 N–H and O–H groups in total. The van der Waals surface area contributed by atoms with Gasteiger partial charge in [-0.2, -0.15) is 11.8 Å². The van der Waals surface area contributed by atoms with Gasteiger partial charge in [0.1, 0.15) is 5.15 Å². The summed E-state index contributed by atoms with van der Waals surface area (Å²) in [6.07, 6.45) is 2.56. The first-order chi connectivity index (χ1) is 6.34. The van der Waals surface area contributed by atoms with Crippen LogP contribution >= 0.6 is 34.7 Å². The zero-order chi connectivity index (χ0) is 9.10. The molecule has 1 fully saturated rings. The minimum Gasteiger partial charge on any atom is -0.358 e. The average Bonchev–Trinajstić information content (AvgIpc) is 2.53. The third-order valence-corrected chi connectivity index (χ3v) is 4.28. The summed E-state index contributed by atoms with van der Waals surface area (Å²) in [6.45, 7) is 0. The van der Waals surface area contributed by atoms with Crippen LogP contribution in [0.5, 0.6) is 0 Å². The quantitative estimate of drug-likeness (QED) is 0.851. The molecule has 5 heteroatoms. The summed E-state index contributed by atoms with van der Waals surface area (Å²) >= 11 is 9.32. The summed E-state index contributed by atoms with van der Waals surface area (Å²) in [5.74, 6) is 2.49. The molecule has 0 spiro atoms. The Labute approximate surface area is 91.1 Å². The molecule has 1 aliphatic rings. The lowest BCUT2D eigenvalue weighted by Crippen LogP contribution is -2.25. The molecule has 1 aromatic rings. The maximum atomic E-state index is 5.73. The van der Waals surface area contributed by atoms with E-state index in [1.165, 1.54) is 24.3 Å². The highest BCUT2D eigenvalue weighted by atomic mass is 35.5. The van der Waals surface area contributed by atoms with Crippen molar-refractivity contribution in [3.05, 3.63) is 10.5 Å². The fraction of sp³-hybridized carbons (Fsp3) is 0.625. The molecule has 2 rings (SSSR count). The van der Waals surface area contributed by atoms with Gasteiger partial charge in [-0.25, -0.2) is 4.98 Å². The smallest absolute Gasteiger partial charge is 0.184 e. The van der Waals surface area contributed by atoms with E-state index in [0.717, 1.165) is 5.13 Å². The summed E-state index contributed by atoms with van der Waals surface area (Å²) in [5.41, 5.74) is 0. The topological polar surface area (TPSA) is 24.9 Å². The van der Waals surface area contributed by atoms with Crippen molar-refractivity contribution in [1.82, 2.24) is 4.98 Å². The van der Waals surface area contributed by atoms with E-state index in [9.17, 15) is 0 Å². The van der Waals surface area contributed by atoms with Gasteiger partial charge in [0.05, 0.1) is 0 Å². The van der Waals surface area contributed by atoms with Crippen LogP contribution in [0.4, 0.5) is 5.13 Å². The Bertz CT molecular complexity index is 271. The summed E-state index contributed by atoms with van der Waals surface area (Å²) < 4.78 is 0. The highest BCUT2D eigenvalue weighted by Crippen LogP contribution is 2.24. The highest BCUT2D eigenvalue weighted by molar-refractivity contribution is 7.99. The lowest BCUT2D eigenvalue weighted by Gasteiger charge is -2.21. The van der Waals surface area contributed by atoms with Crippen LogP contribution in [-0.4, -0.2) is 22.5 Å². The number of halogens is 1. The number of hydrogen-bond donors (Lipinski definition) is 1. The lowest BCUT2D eigenvalue weighted by molar-refractivity contribution is 0.684. The van der Waals surface area contributed by atoms with Gasteiger partial charge in [-0.1, -0.05) is 11.6 Å². The first-order valence-electron chi connectivity index (χ1n) is 4.30. The van der Waals surface area contributed by atoms with Crippen molar-refractivity contribution in [2.45, 2.75) is 18.9 Å². The summed E-state index contributed by atoms with van der Waals surface area (Å²) in [5, 5.41) is 6.81. The standard InChI is InChI=1S/C8H11ClN2S2/c9-7-5-13-8(11-7)10-6-2-1-3-12-4-6/h5-6H,1-4H2,(H,10,11). The number of anilines is 1. The van der Waals surface area contributed by atoms with Gasteiger partial charge in [-0.15, -0.1) is 11.3 Å². The van der Waals surface area contributed by atoms with Gasteiger partial charge >= 0.3 is 0 Å². The molecule has 1 unspecified atom stereocenters. The molecular formula is C8H11ClN2S2. The monoisotopic (exact) mass is 234 g/mol. The number of nitrogens with zero attached hydrogens (tertiary/aromatic N) is 1. The minimum atomic E-state index is 0.584. The molecule has 72 valence electrons. The van der Waals surface area contributed by atoms with Crippen LogP contribution in [0.15, 0.2) is 5.38 Å². The average molecular weight is 235 g/mol. The molecule has 1 aromatic heterocycles. The van der Waals surface area contributed by atoms with E-state index in [2.05, 4.69) is 10.3 Å². The Balaban J connectivity index is 1.89. The second-order valence-electron chi connectivity index (χ2n) is 3.03. The van der Waals surface area contributed by atoms with Crippen LogP contribution in [0.25, 0.3) is 0 Å². The molecule has 2 nitrogen and oxygen atoms in total. The maximum Gasteiger partial charge on any atom is 0.184 e. The van der Waals surface area contributed by atoms with Gasteiger partial charge in [-0.05, 0) is 18.6 Å². The van der Waals surface area contributed by atoms with Gasteiger partial charge in [-0.3, -0.25) is 0 Å². The highest BCUT2D eigenvalue weighted by Gasteiger charge is 2.14. The first-order valence-corrected chi connectivity index (χ1v) is 6.71. The molecule has 0 saturated carbocycles. The van der Waals surface area contributed by atoms with Crippen molar-refractivity contribution in [3.63, 3.8) is 0 Å². The predicted octanol–water partition coefficient (Wildman–Crippen LogP) is 3.10. The molecule has 0 amide bonds. The zero-order valence-electron chi connectivity index (χ0n) is 7.12. The molecular weight excluding hydrogens is 224 g/mol. The van der Waals surface area contributed by atoms with E-state index in [-0.39, 0.29) is 0 Å². The van der Waals surface area contributed by atoms with Crippen molar-refractivity contribution in [2.24, 2.45) is 0 Å². The van der Waals surface area contributed by atoms with E-state index in [0.29, 0.717) is 11.2 Å². The molecule has 0 radical (unpaired) electrons. The van der Waals surface area contributed by atoms with Gasteiger partial charge in [0, 0.05) is 17.2 Å². The lowest BCUT2D eigenvalue weighted by atomic mass is 10.2. The fourth-order valence-corrected chi connectivity index (χ4v) is 3.34. The van der Waals surface area contributed by atoms with Gasteiger partial charge in [0.15, 0.2) is 5.13 Å². The van der Waals surface area contributed by atoms with Crippen LogP contribution in [0, 0.1) is 0 Å². The third kappa shape index (κ3) is 2.76. The van der Waals surface area contributed by atoms with Crippen molar-refractivity contribution in [1.29, 1.82) is 0 Å². The van der Waals surface area contributed by atoms with Gasteiger partial charge < -0.3 is 5.32 Å². The number of thiazole rings is 1. The van der Waals surface area contributed by atoms with Crippen molar-refractivity contribution < 1.29 is 0 Å². The Morgan fingerprint density at radius 3 is 3.15 bits per heavy atom. The van der Waals surface area contributed by atoms with E-state index in [4.69, 9.17) is 11.6 Å². The number of thioether (sulfide) groups is 1. The molecule has 13 heavy (non-hydrogen) atoms. The van der Waals surface area contributed by atoms with Crippen molar-refractivity contribution >= 4 is 39.8 Å². The van der Waals surface area contributed by atoms with Crippen molar-refractivity contribution in [3.8, 4) is 0 Å². The Kier molecular flexibility index (Phi) is 3.35. The van der Waals surface area contributed by atoms with E-state index >= 15 is 0 Å². The number of hydrogen-bond acceptors (Lipinski definition) is 4. The first kappa shape index (κ1) is 9.62.